The Balaban J connectivity index is 1.86. The summed E-state index contributed by atoms with van der Waals surface area (Å²) in [5, 5.41) is 7.24. The van der Waals surface area contributed by atoms with Crippen molar-refractivity contribution in [1.82, 2.24) is 10.2 Å². The van der Waals surface area contributed by atoms with E-state index in [0.29, 0.717) is 13.2 Å². The normalized spacial score (nSPS) is 16.5. The molecule has 0 radical (unpaired) electrons. The third-order valence-electron chi connectivity index (χ3n) is 2.82. The Morgan fingerprint density at radius 2 is 1.88 bits per heavy atom. The highest BCUT2D eigenvalue weighted by Gasteiger charge is 2.20. The highest BCUT2D eigenvalue weighted by Crippen LogP contribution is 2.25. The lowest BCUT2D eigenvalue weighted by Gasteiger charge is -2.04. The van der Waals surface area contributed by atoms with E-state index in [4.69, 9.17) is 9.47 Å². The minimum atomic E-state index is -0.290. The third-order valence-corrected chi connectivity index (χ3v) is 2.82. The van der Waals surface area contributed by atoms with Crippen LogP contribution in [0.1, 0.15) is 17.5 Å². The first kappa shape index (κ1) is 10.5. The molecule has 1 fully saturated rings. The van der Waals surface area contributed by atoms with Crippen LogP contribution in [0.15, 0.2) is 30.3 Å². The van der Waals surface area contributed by atoms with Crippen molar-refractivity contribution in [1.29, 1.82) is 0 Å². The van der Waals surface area contributed by atoms with Gasteiger partial charge >= 0.3 is 0 Å². The lowest BCUT2D eigenvalue weighted by atomic mass is 10.1. The standard InChI is InChI=1S/C13H14N2O2/c1-9-2-4-10(5-3-9)11-8-12(15-14-11)13-16-6-7-17-13/h2-5,8,13H,6-7H2,1H3,(H,14,15). The Hall–Kier alpha value is -1.65. The molecule has 0 amide bonds. The maximum atomic E-state index is 5.41. The van der Waals surface area contributed by atoms with Crippen LogP contribution in [0.2, 0.25) is 0 Å². The van der Waals surface area contributed by atoms with Gasteiger partial charge in [-0.3, -0.25) is 5.10 Å². The molecule has 1 aromatic heterocycles. The zero-order valence-corrected chi connectivity index (χ0v) is 9.64. The lowest BCUT2D eigenvalue weighted by Crippen LogP contribution is -1.97. The Morgan fingerprint density at radius 3 is 2.59 bits per heavy atom. The molecule has 2 heterocycles. The maximum absolute atomic E-state index is 5.41. The number of ether oxygens (including phenoxy) is 2. The molecule has 4 heteroatoms. The first-order valence-electron chi connectivity index (χ1n) is 5.68. The summed E-state index contributed by atoms with van der Waals surface area (Å²) >= 11 is 0. The van der Waals surface area contributed by atoms with Gasteiger partial charge in [0.25, 0.3) is 0 Å². The van der Waals surface area contributed by atoms with Crippen molar-refractivity contribution in [3.05, 3.63) is 41.6 Å². The number of H-pyrrole nitrogens is 1. The van der Waals surface area contributed by atoms with E-state index >= 15 is 0 Å². The van der Waals surface area contributed by atoms with Gasteiger partial charge in [0.1, 0.15) is 0 Å². The van der Waals surface area contributed by atoms with Gasteiger partial charge in [0.15, 0.2) is 0 Å². The number of rotatable bonds is 2. The summed E-state index contributed by atoms with van der Waals surface area (Å²) in [7, 11) is 0. The molecule has 1 aliphatic heterocycles. The summed E-state index contributed by atoms with van der Waals surface area (Å²) in [5.74, 6) is 0. The summed E-state index contributed by atoms with van der Waals surface area (Å²) in [6.45, 7) is 3.35. The van der Waals surface area contributed by atoms with E-state index in [1.807, 2.05) is 6.07 Å². The summed E-state index contributed by atoms with van der Waals surface area (Å²) in [6, 6.07) is 10.2. The van der Waals surface area contributed by atoms with Crippen LogP contribution in [0, 0.1) is 6.92 Å². The van der Waals surface area contributed by atoms with Crippen LogP contribution >= 0.6 is 0 Å². The fourth-order valence-corrected chi connectivity index (χ4v) is 1.87. The molecule has 0 aliphatic carbocycles. The molecule has 0 spiro atoms. The molecule has 17 heavy (non-hydrogen) atoms. The number of aromatic amines is 1. The van der Waals surface area contributed by atoms with Crippen molar-refractivity contribution in [2.24, 2.45) is 0 Å². The van der Waals surface area contributed by atoms with E-state index < -0.39 is 0 Å². The van der Waals surface area contributed by atoms with E-state index in [-0.39, 0.29) is 6.29 Å². The minimum absolute atomic E-state index is 0.290. The molecule has 0 atom stereocenters. The highest BCUT2D eigenvalue weighted by atomic mass is 16.7. The molecule has 1 aliphatic rings. The Kier molecular flexibility index (Phi) is 2.66. The van der Waals surface area contributed by atoms with Crippen LogP contribution in [0.4, 0.5) is 0 Å². The molecule has 0 bridgehead atoms. The third kappa shape index (κ3) is 2.09. The second kappa shape index (κ2) is 4.31. The Morgan fingerprint density at radius 1 is 1.18 bits per heavy atom. The van der Waals surface area contributed by atoms with Gasteiger partial charge in [-0.25, -0.2) is 0 Å². The molecule has 2 aromatic rings. The molecule has 0 saturated carbocycles. The predicted octanol–water partition coefficient (Wildman–Crippen LogP) is 2.43. The molecule has 4 nitrogen and oxygen atoms in total. The number of hydrogen-bond donors (Lipinski definition) is 1. The SMILES string of the molecule is Cc1ccc(-c2cc(C3OCCO3)[nH]n2)cc1. The average molecular weight is 230 g/mol. The van der Waals surface area contributed by atoms with E-state index in [9.17, 15) is 0 Å². The van der Waals surface area contributed by atoms with Gasteiger partial charge in [0.05, 0.1) is 24.6 Å². The van der Waals surface area contributed by atoms with Gasteiger partial charge in [-0.15, -0.1) is 0 Å². The summed E-state index contributed by atoms with van der Waals surface area (Å²) in [5.41, 5.74) is 4.13. The van der Waals surface area contributed by atoms with E-state index in [1.165, 1.54) is 5.56 Å². The zero-order valence-electron chi connectivity index (χ0n) is 9.64. The largest absolute Gasteiger partial charge is 0.345 e. The van der Waals surface area contributed by atoms with Gasteiger partial charge in [0.2, 0.25) is 6.29 Å². The molecular formula is C13H14N2O2. The Labute approximate surface area is 99.6 Å². The number of nitrogens with zero attached hydrogens (tertiary/aromatic N) is 1. The number of nitrogens with one attached hydrogen (secondary N) is 1. The topological polar surface area (TPSA) is 47.1 Å². The van der Waals surface area contributed by atoms with E-state index in [2.05, 4.69) is 41.4 Å². The quantitative estimate of drug-likeness (QED) is 0.861. The van der Waals surface area contributed by atoms with Crippen molar-refractivity contribution in [2.75, 3.05) is 13.2 Å². The summed E-state index contributed by atoms with van der Waals surface area (Å²) in [4.78, 5) is 0. The second-order valence-electron chi connectivity index (χ2n) is 4.15. The Bertz CT molecular complexity index is 498. The molecule has 0 unspecified atom stereocenters. The number of aryl methyl sites for hydroxylation is 1. The first-order chi connectivity index (χ1) is 8.33. The van der Waals surface area contributed by atoms with Gasteiger partial charge < -0.3 is 9.47 Å². The molecule has 3 rings (SSSR count). The predicted molar refractivity (Wildman–Crippen MR) is 63.4 cm³/mol. The average Bonchev–Trinajstić information content (AvgIpc) is 3.00. The fourth-order valence-electron chi connectivity index (χ4n) is 1.87. The molecule has 1 saturated heterocycles. The van der Waals surface area contributed by atoms with Crippen LogP contribution in [-0.4, -0.2) is 23.4 Å². The first-order valence-corrected chi connectivity index (χ1v) is 5.68. The molecule has 88 valence electrons. The number of benzene rings is 1. The van der Waals surface area contributed by atoms with Crippen molar-refractivity contribution in [2.45, 2.75) is 13.2 Å². The van der Waals surface area contributed by atoms with Crippen LogP contribution < -0.4 is 0 Å². The summed E-state index contributed by atoms with van der Waals surface area (Å²) < 4.78 is 10.8. The zero-order chi connectivity index (χ0) is 11.7. The lowest BCUT2D eigenvalue weighted by molar-refractivity contribution is -0.0473. The molecule has 1 aromatic carbocycles. The van der Waals surface area contributed by atoms with Crippen LogP contribution in [0.3, 0.4) is 0 Å². The maximum Gasteiger partial charge on any atom is 0.200 e. The summed E-state index contributed by atoms with van der Waals surface area (Å²) in [6.07, 6.45) is -0.290. The monoisotopic (exact) mass is 230 g/mol. The number of hydrogen-bond acceptors (Lipinski definition) is 3. The number of aromatic nitrogens is 2. The van der Waals surface area contributed by atoms with Crippen molar-refractivity contribution in [3.8, 4) is 11.3 Å². The van der Waals surface area contributed by atoms with Crippen molar-refractivity contribution >= 4 is 0 Å². The smallest absolute Gasteiger partial charge is 0.200 e. The van der Waals surface area contributed by atoms with Gasteiger partial charge in [-0.1, -0.05) is 29.8 Å². The van der Waals surface area contributed by atoms with Gasteiger partial charge in [0, 0.05) is 5.56 Å². The molecular weight excluding hydrogens is 216 g/mol. The van der Waals surface area contributed by atoms with Crippen molar-refractivity contribution < 1.29 is 9.47 Å². The van der Waals surface area contributed by atoms with Gasteiger partial charge in [-0.05, 0) is 13.0 Å². The van der Waals surface area contributed by atoms with Crippen molar-refractivity contribution in [3.63, 3.8) is 0 Å². The van der Waals surface area contributed by atoms with E-state index in [1.54, 1.807) is 0 Å². The van der Waals surface area contributed by atoms with Crippen LogP contribution in [0.25, 0.3) is 11.3 Å². The van der Waals surface area contributed by atoms with E-state index in [0.717, 1.165) is 17.0 Å². The van der Waals surface area contributed by atoms with Crippen LogP contribution in [0.5, 0.6) is 0 Å². The van der Waals surface area contributed by atoms with Gasteiger partial charge in [-0.2, -0.15) is 5.10 Å². The highest BCUT2D eigenvalue weighted by molar-refractivity contribution is 5.59. The molecule has 1 N–H and O–H groups in total. The minimum Gasteiger partial charge on any atom is -0.345 e. The second-order valence-corrected chi connectivity index (χ2v) is 4.15. The van der Waals surface area contributed by atoms with Crippen LogP contribution in [-0.2, 0) is 9.47 Å². The fraction of sp³-hybridized carbons (Fsp3) is 0.308.